The molecule has 1 aliphatic heterocycles. The Bertz CT molecular complexity index is 594. The number of unbranched alkanes of at least 4 members (excludes halogenated alkanes) is 1. The zero-order valence-corrected chi connectivity index (χ0v) is 14.3. The third-order valence-electron chi connectivity index (χ3n) is 4.81. The van der Waals surface area contributed by atoms with E-state index in [9.17, 15) is 0 Å². The van der Waals surface area contributed by atoms with Gasteiger partial charge in [-0.25, -0.2) is 4.98 Å². The van der Waals surface area contributed by atoms with Gasteiger partial charge in [-0.2, -0.15) is 0 Å². The molecule has 3 nitrogen and oxygen atoms in total. The fraction of sp³-hybridized carbons (Fsp3) is 0.450. The Labute approximate surface area is 140 Å². The third kappa shape index (κ3) is 3.73. The number of hydrogen-bond acceptors (Lipinski definition) is 3. The van der Waals surface area contributed by atoms with Gasteiger partial charge in [0.25, 0.3) is 0 Å². The molecule has 2 heterocycles. The summed E-state index contributed by atoms with van der Waals surface area (Å²) < 4.78 is 0. The van der Waals surface area contributed by atoms with Crippen LogP contribution in [-0.4, -0.2) is 30.0 Å². The maximum absolute atomic E-state index is 4.71. The van der Waals surface area contributed by atoms with Crippen molar-refractivity contribution in [1.29, 1.82) is 0 Å². The number of aromatic nitrogens is 1. The first-order valence-corrected chi connectivity index (χ1v) is 8.78. The van der Waals surface area contributed by atoms with E-state index in [4.69, 9.17) is 4.98 Å². The SMILES string of the molecule is CCCCN1CCC[C@H]1c1ccc(N(C)c2ccccc2)nc1. The number of likely N-dealkylation sites (tertiary alicyclic amines) is 1. The van der Waals surface area contributed by atoms with Crippen molar-refractivity contribution in [3.63, 3.8) is 0 Å². The second-order valence-electron chi connectivity index (χ2n) is 6.39. The van der Waals surface area contributed by atoms with Crippen LogP contribution in [0.3, 0.4) is 0 Å². The maximum atomic E-state index is 4.71. The summed E-state index contributed by atoms with van der Waals surface area (Å²) >= 11 is 0. The number of hydrogen-bond donors (Lipinski definition) is 0. The highest BCUT2D eigenvalue weighted by Crippen LogP contribution is 2.32. The molecule has 122 valence electrons. The molecular formula is C20H27N3. The maximum Gasteiger partial charge on any atom is 0.132 e. The second kappa shape index (κ2) is 7.60. The Kier molecular flexibility index (Phi) is 5.29. The van der Waals surface area contributed by atoms with Crippen molar-refractivity contribution in [3.05, 3.63) is 54.2 Å². The lowest BCUT2D eigenvalue weighted by Gasteiger charge is -2.25. The van der Waals surface area contributed by atoms with E-state index in [0.29, 0.717) is 6.04 Å². The quantitative estimate of drug-likeness (QED) is 0.765. The first kappa shape index (κ1) is 16.0. The van der Waals surface area contributed by atoms with Crippen LogP contribution in [0.2, 0.25) is 0 Å². The summed E-state index contributed by atoms with van der Waals surface area (Å²) in [7, 11) is 2.07. The summed E-state index contributed by atoms with van der Waals surface area (Å²) in [6.45, 7) is 4.71. The lowest BCUT2D eigenvalue weighted by Crippen LogP contribution is -2.24. The van der Waals surface area contributed by atoms with E-state index in [1.165, 1.54) is 44.3 Å². The summed E-state index contributed by atoms with van der Waals surface area (Å²) in [6.07, 6.45) is 7.20. The summed E-state index contributed by atoms with van der Waals surface area (Å²) in [5.41, 5.74) is 2.53. The van der Waals surface area contributed by atoms with Crippen molar-refractivity contribution in [2.45, 2.75) is 38.6 Å². The number of benzene rings is 1. The fourth-order valence-corrected chi connectivity index (χ4v) is 3.41. The summed E-state index contributed by atoms with van der Waals surface area (Å²) in [6, 6.07) is 15.4. The molecule has 1 atom stereocenters. The van der Waals surface area contributed by atoms with Crippen LogP contribution in [-0.2, 0) is 0 Å². The fourth-order valence-electron chi connectivity index (χ4n) is 3.41. The highest BCUT2D eigenvalue weighted by atomic mass is 15.2. The van der Waals surface area contributed by atoms with Gasteiger partial charge >= 0.3 is 0 Å². The van der Waals surface area contributed by atoms with Gasteiger partial charge in [-0.3, -0.25) is 4.90 Å². The average Bonchev–Trinajstić information content (AvgIpc) is 3.08. The summed E-state index contributed by atoms with van der Waals surface area (Å²) in [5.74, 6) is 0.998. The zero-order valence-electron chi connectivity index (χ0n) is 14.3. The Balaban J connectivity index is 1.72. The van der Waals surface area contributed by atoms with E-state index in [-0.39, 0.29) is 0 Å². The number of anilines is 2. The van der Waals surface area contributed by atoms with Gasteiger partial charge in [0.05, 0.1) is 0 Å². The van der Waals surface area contributed by atoms with E-state index in [1.807, 2.05) is 6.07 Å². The monoisotopic (exact) mass is 309 g/mol. The standard InChI is InChI=1S/C20H27N3/c1-3-4-14-23-15-8-11-19(23)17-12-13-20(21-16-17)22(2)18-9-6-5-7-10-18/h5-7,9-10,12-13,16,19H,3-4,8,11,14-15H2,1-2H3/t19-/m0/s1. The normalized spacial score (nSPS) is 18.3. The molecule has 0 aliphatic carbocycles. The molecule has 1 fully saturated rings. The molecule has 0 saturated carbocycles. The molecule has 2 aromatic rings. The van der Waals surface area contributed by atoms with Gasteiger partial charge in [0.15, 0.2) is 0 Å². The van der Waals surface area contributed by atoms with Crippen LogP contribution >= 0.6 is 0 Å². The molecule has 1 aliphatic rings. The Morgan fingerprint density at radius 1 is 1.17 bits per heavy atom. The molecule has 1 aromatic carbocycles. The number of para-hydroxylation sites is 1. The van der Waals surface area contributed by atoms with Crippen molar-refractivity contribution in [2.75, 3.05) is 25.0 Å². The predicted molar refractivity (Wildman–Crippen MR) is 97.2 cm³/mol. The average molecular weight is 309 g/mol. The molecular weight excluding hydrogens is 282 g/mol. The topological polar surface area (TPSA) is 19.4 Å². The van der Waals surface area contributed by atoms with Crippen molar-refractivity contribution in [2.24, 2.45) is 0 Å². The molecule has 3 heteroatoms. The van der Waals surface area contributed by atoms with Gasteiger partial charge in [-0.1, -0.05) is 37.6 Å². The van der Waals surface area contributed by atoms with Gasteiger partial charge in [-0.05, 0) is 56.1 Å². The van der Waals surface area contributed by atoms with Crippen LogP contribution in [0.15, 0.2) is 48.7 Å². The number of rotatable bonds is 6. The van der Waals surface area contributed by atoms with Gasteiger partial charge < -0.3 is 4.90 Å². The molecule has 0 amide bonds. The Morgan fingerprint density at radius 3 is 2.70 bits per heavy atom. The largest absolute Gasteiger partial charge is 0.329 e. The van der Waals surface area contributed by atoms with E-state index >= 15 is 0 Å². The molecule has 0 bridgehead atoms. The van der Waals surface area contributed by atoms with Crippen molar-refractivity contribution >= 4 is 11.5 Å². The minimum atomic E-state index is 0.560. The second-order valence-corrected chi connectivity index (χ2v) is 6.39. The van der Waals surface area contributed by atoms with Crippen molar-refractivity contribution in [1.82, 2.24) is 9.88 Å². The highest BCUT2D eigenvalue weighted by molar-refractivity contribution is 5.58. The van der Waals surface area contributed by atoms with Gasteiger partial charge in [0.2, 0.25) is 0 Å². The molecule has 1 saturated heterocycles. The highest BCUT2D eigenvalue weighted by Gasteiger charge is 2.25. The Morgan fingerprint density at radius 2 is 2.00 bits per heavy atom. The van der Waals surface area contributed by atoms with Crippen molar-refractivity contribution in [3.8, 4) is 0 Å². The van der Waals surface area contributed by atoms with Gasteiger partial charge in [0, 0.05) is 25.0 Å². The van der Waals surface area contributed by atoms with E-state index in [2.05, 4.69) is 66.4 Å². The van der Waals surface area contributed by atoms with Crippen molar-refractivity contribution < 1.29 is 0 Å². The number of nitrogens with zero attached hydrogens (tertiary/aromatic N) is 3. The minimum Gasteiger partial charge on any atom is -0.329 e. The molecule has 0 unspecified atom stereocenters. The molecule has 0 spiro atoms. The molecule has 0 radical (unpaired) electrons. The first-order chi connectivity index (χ1) is 11.3. The summed E-state index contributed by atoms with van der Waals surface area (Å²) in [4.78, 5) is 9.47. The lowest BCUT2D eigenvalue weighted by atomic mass is 10.1. The van der Waals surface area contributed by atoms with Crippen LogP contribution in [0.5, 0.6) is 0 Å². The van der Waals surface area contributed by atoms with E-state index < -0.39 is 0 Å². The summed E-state index contributed by atoms with van der Waals surface area (Å²) in [5, 5.41) is 0. The van der Waals surface area contributed by atoms with Gasteiger partial charge in [0.1, 0.15) is 5.82 Å². The third-order valence-corrected chi connectivity index (χ3v) is 4.81. The molecule has 0 N–H and O–H groups in total. The van der Waals surface area contributed by atoms with E-state index in [0.717, 1.165) is 11.5 Å². The zero-order chi connectivity index (χ0) is 16.1. The minimum absolute atomic E-state index is 0.560. The van der Waals surface area contributed by atoms with Crippen LogP contribution in [0.4, 0.5) is 11.5 Å². The lowest BCUT2D eigenvalue weighted by molar-refractivity contribution is 0.253. The smallest absolute Gasteiger partial charge is 0.132 e. The van der Waals surface area contributed by atoms with Crippen LogP contribution in [0.1, 0.15) is 44.2 Å². The first-order valence-electron chi connectivity index (χ1n) is 8.78. The predicted octanol–water partition coefficient (Wildman–Crippen LogP) is 4.79. The molecule has 3 rings (SSSR count). The van der Waals surface area contributed by atoms with Crippen LogP contribution < -0.4 is 4.90 Å². The Hall–Kier alpha value is -1.87. The van der Waals surface area contributed by atoms with Crippen LogP contribution in [0, 0.1) is 0 Å². The molecule has 23 heavy (non-hydrogen) atoms. The van der Waals surface area contributed by atoms with Gasteiger partial charge in [-0.15, -0.1) is 0 Å². The molecule has 1 aromatic heterocycles. The number of pyridine rings is 1. The van der Waals surface area contributed by atoms with Crippen LogP contribution in [0.25, 0.3) is 0 Å². The van der Waals surface area contributed by atoms with E-state index in [1.54, 1.807) is 0 Å².